The van der Waals surface area contributed by atoms with Gasteiger partial charge in [-0.25, -0.2) is 0 Å². The molecule has 0 spiro atoms. The standard InChI is InChI=1S/C6H15NO3S/c7-5-3-1-2-4-6-10-11(8)9/h1-7H2,(H,8,9). The van der Waals surface area contributed by atoms with E-state index >= 15 is 0 Å². The van der Waals surface area contributed by atoms with Gasteiger partial charge in [-0.3, -0.25) is 8.74 Å². The maximum Gasteiger partial charge on any atom is 0.301 e. The minimum Gasteiger partial charge on any atom is -0.330 e. The summed E-state index contributed by atoms with van der Waals surface area (Å²) in [4.78, 5) is 0. The molecule has 0 fully saturated rings. The van der Waals surface area contributed by atoms with Gasteiger partial charge in [-0.1, -0.05) is 12.8 Å². The van der Waals surface area contributed by atoms with Gasteiger partial charge in [0.15, 0.2) is 0 Å². The molecule has 1 unspecified atom stereocenters. The fourth-order valence-corrected chi connectivity index (χ4v) is 0.991. The van der Waals surface area contributed by atoms with Gasteiger partial charge in [0, 0.05) is 0 Å². The van der Waals surface area contributed by atoms with Crippen LogP contribution in [0.5, 0.6) is 0 Å². The average Bonchev–Trinajstić information content (AvgIpc) is 1.96. The molecule has 68 valence electrons. The van der Waals surface area contributed by atoms with Crippen molar-refractivity contribution in [2.75, 3.05) is 13.2 Å². The van der Waals surface area contributed by atoms with E-state index in [0.29, 0.717) is 13.2 Å². The van der Waals surface area contributed by atoms with Crippen molar-refractivity contribution in [3.05, 3.63) is 0 Å². The predicted octanol–water partition coefficient (Wildman–Crippen LogP) is 0.659. The van der Waals surface area contributed by atoms with Crippen LogP contribution in [0.15, 0.2) is 0 Å². The number of nitrogens with two attached hydrogens (primary N) is 1. The van der Waals surface area contributed by atoms with Gasteiger partial charge < -0.3 is 5.73 Å². The summed E-state index contributed by atoms with van der Waals surface area (Å²) >= 11 is -2.10. The van der Waals surface area contributed by atoms with Gasteiger partial charge in [0.05, 0.1) is 6.61 Å². The molecule has 0 aliphatic rings. The van der Waals surface area contributed by atoms with Crippen LogP contribution in [0.3, 0.4) is 0 Å². The molecule has 0 aliphatic carbocycles. The van der Waals surface area contributed by atoms with Crippen molar-refractivity contribution in [1.82, 2.24) is 0 Å². The lowest BCUT2D eigenvalue weighted by Gasteiger charge is -1.98. The first-order valence-electron chi connectivity index (χ1n) is 3.71. The molecule has 0 heterocycles. The van der Waals surface area contributed by atoms with Gasteiger partial charge in [-0.05, 0) is 19.4 Å². The topological polar surface area (TPSA) is 72.5 Å². The van der Waals surface area contributed by atoms with Gasteiger partial charge in [0.2, 0.25) is 0 Å². The van der Waals surface area contributed by atoms with Crippen molar-refractivity contribution in [3.63, 3.8) is 0 Å². The molecule has 0 amide bonds. The van der Waals surface area contributed by atoms with Crippen molar-refractivity contribution in [1.29, 1.82) is 0 Å². The Morgan fingerprint density at radius 1 is 1.27 bits per heavy atom. The summed E-state index contributed by atoms with van der Waals surface area (Å²) < 4.78 is 22.6. The Balaban J connectivity index is 2.85. The number of hydrogen-bond acceptors (Lipinski definition) is 3. The zero-order valence-electron chi connectivity index (χ0n) is 6.49. The van der Waals surface area contributed by atoms with Crippen molar-refractivity contribution < 1.29 is 12.9 Å². The maximum absolute atomic E-state index is 9.96. The minimum atomic E-state index is -2.10. The van der Waals surface area contributed by atoms with Gasteiger partial charge in [0.25, 0.3) is 0 Å². The number of unbranched alkanes of at least 4 members (excludes halogenated alkanes) is 3. The highest BCUT2D eigenvalue weighted by Crippen LogP contribution is 1.98. The van der Waals surface area contributed by atoms with Crippen LogP contribution < -0.4 is 5.73 Å². The van der Waals surface area contributed by atoms with Crippen LogP contribution in [0, 0.1) is 0 Å². The molecule has 0 aromatic heterocycles. The molecule has 1 atom stereocenters. The van der Waals surface area contributed by atoms with Gasteiger partial charge in [0.1, 0.15) is 0 Å². The zero-order chi connectivity index (χ0) is 8.53. The molecule has 0 saturated heterocycles. The molecule has 0 rings (SSSR count). The monoisotopic (exact) mass is 181 g/mol. The van der Waals surface area contributed by atoms with Crippen LogP contribution in [-0.4, -0.2) is 21.9 Å². The molecule has 0 aromatic rings. The Morgan fingerprint density at radius 2 is 1.91 bits per heavy atom. The van der Waals surface area contributed by atoms with Crippen LogP contribution in [-0.2, 0) is 15.5 Å². The summed E-state index contributed by atoms with van der Waals surface area (Å²) in [5, 5.41) is 0. The molecule has 0 aliphatic heterocycles. The zero-order valence-corrected chi connectivity index (χ0v) is 7.31. The van der Waals surface area contributed by atoms with Gasteiger partial charge >= 0.3 is 11.4 Å². The molecule has 0 aromatic carbocycles. The lowest BCUT2D eigenvalue weighted by Crippen LogP contribution is -2.00. The van der Waals surface area contributed by atoms with E-state index in [0.717, 1.165) is 25.7 Å². The Hall–Kier alpha value is 0.0300. The molecular formula is C6H15NO3S. The highest BCUT2D eigenvalue weighted by molar-refractivity contribution is 7.74. The normalized spacial score (nSPS) is 13.3. The summed E-state index contributed by atoms with van der Waals surface area (Å²) in [6, 6.07) is 0. The van der Waals surface area contributed by atoms with Crippen molar-refractivity contribution in [2.45, 2.75) is 25.7 Å². The summed E-state index contributed by atoms with van der Waals surface area (Å²) in [7, 11) is 0. The third-order valence-corrected chi connectivity index (χ3v) is 1.65. The smallest absolute Gasteiger partial charge is 0.301 e. The number of rotatable bonds is 7. The highest BCUT2D eigenvalue weighted by atomic mass is 32.2. The molecule has 3 N–H and O–H groups in total. The van der Waals surface area contributed by atoms with Crippen LogP contribution in [0.2, 0.25) is 0 Å². The summed E-state index contributed by atoms with van der Waals surface area (Å²) in [5.41, 5.74) is 5.27. The first-order valence-corrected chi connectivity index (χ1v) is 4.74. The first kappa shape index (κ1) is 11.0. The molecule has 0 radical (unpaired) electrons. The van der Waals surface area contributed by atoms with Crippen LogP contribution >= 0.6 is 0 Å². The summed E-state index contributed by atoms with van der Waals surface area (Å²) in [6.07, 6.45) is 3.92. The second-order valence-electron chi connectivity index (χ2n) is 2.24. The predicted molar refractivity (Wildman–Crippen MR) is 44.2 cm³/mol. The fourth-order valence-electron chi connectivity index (χ4n) is 0.730. The second-order valence-corrected chi connectivity index (χ2v) is 2.91. The molecule has 0 bridgehead atoms. The molecular weight excluding hydrogens is 166 g/mol. The van der Waals surface area contributed by atoms with E-state index in [9.17, 15) is 4.21 Å². The lowest BCUT2D eigenvalue weighted by molar-refractivity contribution is 0.296. The van der Waals surface area contributed by atoms with Crippen molar-refractivity contribution in [3.8, 4) is 0 Å². The van der Waals surface area contributed by atoms with Crippen molar-refractivity contribution >= 4 is 11.4 Å². The minimum absolute atomic E-state index is 0.355. The third kappa shape index (κ3) is 10.0. The van der Waals surface area contributed by atoms with Crippen molar-refractivity contribution in [2.24, 2.45) is 5.73 Å². The van der Waals surface area contributed by atoms with Crippen LogP contribution in [0.1, 0.15) is 25.7 Å². The molecule has 4 nitrogen and oxygen atoms in total. The quantitative estimate of drug-likeness (QED) is 0.447. The average molecular weight is 181 g/mol. The Labute approximate surface area is 69.6 Å². The second kappa shape index (κ2) is 8.13. The Kier molecular flexibility index (Phi) is 8.15. The van der Waals surface area contributed by atoms with Crippen LogP contribution in [0.25, 0.3) is 0 Å². The molecule has 0 saturated carbocycles. The SMILES string of the molecule is NCCCCCCOS(=O)O. The van der Waals surface area contributed by atoms with E-state index in [1.165, 1.54) is 0 Å². The fraction of sp³-hybridized carbons (Fsp3) is 1.00. The van der Waals surface area contributed by atoms with Crippen LogP contribution in [0.4, 0.5) is 0 Å². The third-order valence-electron chi connectivity index (χ3n) is 1.28. The van der Waals surface area contributed by atoms with E-state index in [1.54, 1.807) is 0 Å². The maximum atomic E-state index is 9.96. The van der Waals surface area contributed by atoms with E-state index in [1.807, 2.05) is 0 Å². The van der Waals surface area contributed by atoms with Gasteiger partial charge in [-0.15, -0.1) is 0 Å². The largest absolute Gasteiger partial charge is 0.330 e. The van der Waals surface area contributed by atoms with E-state index < -0.39 is 11.4 Å². The van der Waals surface area contributed by atoms with E-state index in [2.05, 4.69) is 4.18 Å². The molecule has 11 heavy (non-hydrogen) atoms. The summed E-state index contributed by atoms with van der Waals surface area (Å²) in [6.45, 7) is 1.07. The highest BCUT2D eigenvalue weighted by Gasteiger charge is 1.92. The van der Waals surface area contributed by atoms with Gasteiger partial charge in [-0.2, -0.15) is 4.21 Å². The lowest BCUT2D eigenvalue weighted by atomic mass is 10.2. The van der Waals surface area contributed by atoms with E-state index in [-0.39, 0.29) is 0 Å². The Bertz CT molecular complexity index is 110. The first-order chi connectivity index (χ1) is 5.27. The number of hydrogen-bond donors (Lipinski definition) is 2. The Morgan fingerprint density at radius 3 is 2.45 bits per heavy atom. The van der Waals surface area contributed by atoms with E-state index in [4.69, 9.17) is 10.3 Å². The molecule has 5 heteroatoms. The summed E-state index contributed by atoms with van der Waals surface area (Å²) in [5.74, 6) is 0.